The number of likely N-dealkylation sites (tertiary alicyclic amines) is 1. The first-order chi connectivity index (χ1) is 10.1. The van der Waals surface area contributed by atoms with E-state index in [1.54, 1.807) is 4.90 Å². The molecular weight excluding hydrogens is 272 g/mol. The monoisotopic (exact) mass is 292 g/mol. The summed E-state index contributed by atoms with van der Waals surface area (Å²) in [5.41, 5.74) is -0.347. The highest BCUT2D eigenvalue weighted by molar-refractivity contribution is 5.92. The van der Waals surface area contributed by atoms with E-state index < -0.39 is 5.56 Å². The SMILES string of the molecule is O=C(c1cc(O)cc(=O)[nH]1)N1CCCC(OCC2CC2)C1. The van der Waals surface area contributed by atoms with Crippen LogP contribution >= 0.6 is 0 Å². The van der Waals surface area contributed by atoms with Crippen molar-refractivity contribution in [2.75, 3.05) is 19.7 Å². The summed E-state index contributed by atoms with van der Waals surface area (Å²) in [6, 6.07) is 2.34. The van der Waals surface area contributed by atoms with E-state index in [9.17, 15) is 14.7 Å². The Labute approximate surface area is 122 Å². The molecule has 1 saturated heterocycles. The van der Waals surface area contributed by atoms with Gasteiger partial charge in [0.05, 0.1) is 6.10 Å². The van der Waals surface area contributed by atoms with Crippen LogP contribution in [0.3, 0.4) is 0 Å². The topological polar surface area (TPSA) is 82.6 Å². The summed E-state index contributed by atoms with van der Waals surface area (Å²) < 4.78 is 5.86. The summed E-state index contributed by atoms with van der Waals surface area (Å²) in [5.74, 6) is 0.252. The summed E-state index contributed by atoms with van der Waals surface area (Å²) in [4.78, 5) is 27.9. The van der Waals surface area contributed by atoms with Crippen LogP contribution in [0.1, 0.15) is 36.2 Å². The third kappa shape index (κ3) is 3.64. The number of carbonyl (C=O) groups is 1. The van der Waals surface area contributed by atoms with Crippen molar-refractivity contribution in [3.63, 3.8) is 0 Å². The average Bonchev–Trinajstić information content (AvgIpc) is 3.28. The van der Waals surface area contributed by atoms with Gasteiger partial charge in [0, 0.05) is 31.8 Å². The summed E-state index contributed by atoms with van der Waals surface area (Å²) in [5, 5.41) is 9.43. The van der Waals surface area contributed by atoms with Crippen LogP contribution in [0.5, 0.6) is 5.75 Å². The minimum Gasteiger partial charge on any atom is -0.508 e. The van der Waals surface area contributed by atoms with Crippen molar-refractivity contribution in [1.82, 2.24) is 9.88 Å². The fourth-order valence-corrected chi connectivity index (χ4v) is 2.63. The molecule has 0 aromatic carbocycles. The molecule has 6 nitrogen and oxygen atoms in total. The molecule has 21 heavy (non-hydrogen) atoms. The molecule has 2 fully saturated rings. The Kier molecular flexibility index (Phi) is 3.96. The molecule has 1 aliphatic carbocycles. The zero-order valence-electron chi connectivity index (χ0n) is 11.9. The molecule has 6 heteroatoms. The maximum atomic E-state index is 12.4. The number of aromatic hydroxyl groups is 1. The van der Waals surface area contributed by atoms with Gasteiger partial charge in [-0.2, -0.15) is 0 Å². The number of aromatic amines is 1. The minimum absolute atomic E-state index is 0.0762. The minimum atomic E-state index is -0.475. The lowest BCUT2D eigenvalue weighted by molar-refractivity contribution is -0.00261. The van der Waals surface area contributed by atoms with Gasteiger partial charge in [-0.1, -0.05) is 0 Å². The number of H-pyrrole nitrogens is 1. The van der Waals surface area contributed by atoms with Gasteiger partial charge in [-0.05, 0) is 31.6 Å². The van der Waals surface area contributed by atoms with Gasteiger partial charge in [-0.15, -0.1) is 0 Å². The van der Waals surface area contributed by atoms with Crippen LogP contribution in [-0.2, 0) is 4.74 Å². The molecule has 1 atom stereocenters. The first kappa shape index (κ1) is 14.1. The lowest BCUT2D eigenvalue weighted by Crippen LogP contribution is -2.44. The first-order valence-corrected chi connectivity index (χ1v) is 7.46. The van der Waals surface area contributed by atoms with Gasteiger partial charge in [0.1, 0.15) is 11.4 Å². The molecule has 0 radical (unpaired) electrons. The van der Waals surface area contributed by atoms with Crippen molar-refractivity contribution in [1.29, 1.82) is 0 Å². The third-order valence-corrected chi connectivity index (χ3v) is 3.99. The zero-order valence-corrected chi connectivity index (χ0v) is 11.9. The predicted molar refractivity (Wildman–Crippen MR) is 76.3 cm³/mol. The number of hydrogen-bond acceptors (Lipinski definition) is 4. The third-order valence-electron chi connectivity index (χ3n) is 3.99. The number of ether oxygens (including phenoxy) is 1. The highest BCUT2D eigenvalue weighted by atomic mass is 16.5. The standard InChI is InChI=1S/C15H20N2O4/c18-11-6-13(16-14(19)7-11)15(20)17-5-1-2-12(8-17)21-9-10-3-4-10/h6-7,10,12H,1-5,8-9H2,(H2,16,18,19). The summed E-state index contributed by atoms with van der Waals surface area (Å²) in [7, 11) is 0. The highest BCUT2D eigenvalue weighted by Gasteiger charge is 2.28. The number of hydrogen-bond donors (Lipinski definition) is 2. The van der Waals surface area contributed by atoms with Crippen molar-refractivity contribution >= 4 is 5.91 Å². The molecular formula is C15H20N2O4. The molecule has 3 rings (SSSR count). The van der Waals surface area contributed by atoms with Crippen LogP contribution in [0, 0.1) is 5.92 Å². The molecule has 1 aliphatic heterocycles. The quantitative estimate of drug-likeness (QED) is 0.871. The van der Waals surface area contributed by atoms with E-state index in [-0.39, 0.29) is 23.5 Å². The van der Waals surface area contributed by atoms with Crippen LogP contribution in [0.2, 0.25) is 0 Å². The van der Waals surface area contributed by atoms with Crippen LogP contribution < -0.4 is 5.56 Å². The Morgan fingerprint density at radius 2 is 2.19 bits per heavy atom. The summed E-state index contributed by atoms with van der Waals surface area (Å²) >= 11 is 0. The Bertz CT molecular complexity index is 579. The number of nitrogens with one attached hydrogen (secondary N) is 1. The van der Waals surface area contributed by atoms with Crippen molar-refractivity contribution in [2.24, 2.45) is 5.92 Å². The van der Waals surface area contributed by atoms with Gasteiger partial charge < -0.3 is 19.7 Å². The van der Waals surface area contributed by atoms with Crippen LogP contribution in [0.4, 0.5) is 0 Å². The molecule has 1 saturated carbocycles. The van der Waals surface area contributed by atoms with Crippen LogP contribution in [0.15, 0.2) is 16.9 Å². The molecule has 2 N–H and O–H groups in total. The average molecular weight is 292 g/mol. The van der Waals surface area contributed by atoms with Gasteiger partial charge in [0.2, 0.25) is 0 Å². The Balaban J connectivity index is 1.63. The molecule has 0 spiro atoms. The normalized spacial score (nSPS) is 22.3. The van der Waals surface area contributed by atoms with E-state index in [0.717, 1.165) is 25.5 Å². The lowest BCUT2D eigenvalue weighted by atomic mass is 10.1. The Hall–Kier alpha value is -1.82. The first-order valence-electron chi connectivity index (χ1n) is 7.46. The number of carbonyl (C=O) groups excluding carboxylic acids is 1. The molecule has 0 bridgehead atoms. The van der Waals surface area contributed by atoms with E-state index in [4.69, 9.17) is 4.74 Å². The van der Waals surface area contributed by atoms with Gasteiger partial charge >= 0.3 is 0 Å². The number of piperidine rings is 1. The van der Waals surface area contributed by atoms with Crippen LogP contribution in [-0.4, -0.2) is 46.7 Å². The van der Waals surface area contributed by atoms with E-state index in [0.29, 0.717) is 19.0 Å². The van der Waals surface area contributed by atoms with E-state index in [1.807, 2.05) is 0 Å². The second-order valence-corrected chi connectivity index (χ2v) is 5.91. The Morgan fingerprint density at radius 1 is 1.38 bits per heavy atom. The number of pyridine rings is 1. The van der Waals surface area contributed by atoms with Crippen molar-refractivity contribution in [3.8, 4) is 5.75 Å². The number of nitrogens with zero attached hydrogens (tertiary/aromatic N) is 1. The van der Waals surface area contributed by atoms with Crippen molar-refractivity contribution in [3.05, 3.63) is 28.2 Å². The second-order valence-electron chi connectivity index (χ2n) is 5.91. The summed E-state index contributed by atoms with van der Waals surface area (Å²) in [6.45, 7) is 1.98. The Morgan fingerprint density at radius 3 is 2.90 bits per heavy atom. The molecule has 1 unspecified atom stereocenters. The van der Waals surface area contributed by atoms with E-state index in [2.05, 4.69) is 4.98 Å². The summed E-state index contributed by atoms with van der Waals surface area (Å²) in [6.07, 6.45) is 4.43. The maximum Gasteiger partial charge on any atom is 0.270 e. The lowest BCUT2D eigenvalue weighted by Gasteiger charge is -2.32. The van der Waals surface area contributed by atoms with Gasteiger partial charge in [-0.3, -0.25) is 9.59 Å². The van der Waals surface area contributed by atoms with E-state index >= 15 is 0 Å². The van der Waals surface area contributed by atoms with Gasteiger partial charge in [0.25, 0.3) is 11.5 Å². The number of aromatic nitrogens is 1. The molecule has 2 aliphatic rings. The predicted octanol–water partition coefficient (Wildman–Crippen LogP) is 1.11. The molecule has 1 amide bonds. The maximum absolute atomic E-state index is 12.4. The van der Waals surface area contributed by atoms with Gasteiger partial charge in [0.15, 0.2) is 0 Å². The zero-order chi connectivity index (χ0) is 14.8. The smallest absolute Gasteiger partial charge is 0.270 e. The number of amides is 1. The number of rotatable bonds is 4. The highest BCUT2D eigenvalue weighted by Crippen LogP contribution is 2.30. The van der Waals surface area contributed by atoms with Crippen LogP contribution in [0.25, 0.3) is 0 Å². The molecule has 1 aromatic rings. The van der Waals surface area contributed by atoms with E-state index in [1.165, 1.54) is 18.9 Å². The van der Waals surface area contributed by atoms with Crippen molar-refractivity contribution < 1.29 is 14.6 Å². The largest absolute Gasteiger partial charge is 0.508 e. The molecule has 114 valence electrons. The fourth-order valence-electron chi connectivity index (χ4n) is 2.63. The van der Waals surface area contributed by atoms with Gasteiger partial charge in [-0.25, -0.2) is 0 Å². The molecule has 1 aromatic heterocycles. The fraction of sp³-hybridized carbons (Fsp3) is 0.600. The molecule has 2 heterocycles. The second kappa shape index (κ2) is 5.89. The van der Waals surface area contributed by atoms with Crippen molar-refractivity contribution in [2.45, 2.75) is 31.8 Å².